The van der Waals surface area contributed by atoms with E-state index in [9.17, 15) is 9.59 Å². The number of amides is 1. The highest BCUT2D eigenvalue weighted by Gasteiger charge is 2.23. The van der Waals surface area contributed by atoms with Crippen molar-refractivity contribution in [1.82, 2.24) is 9.80 Å². The average molecular weight is 347 g/mol. The quantitative estimate of drug-likeness (QED) is 0.698. The minimum atomic E-state index is -0.858. The van der Waals surface area contributed by atoms with Crippen molar-refractivity contribution >= 4 is 35.6 Å². The molecule has 0 saturated carbocycles. The maximum atomic E-state index is 12.5. The van der Waals surface area contributed by atoms with Crippen LogP contribution < -0.4 is 0 Å². The molecule has 124 valence electrons. The summed E-state index contributed by atoms with van der Waals surface area (Å²) in [4.78, 5) is 27.8. The molecular formula is C15H23ClN2O3S. The van der Waals surface area contributed by atoms with Crippen LogP contribution in [0.4, 0.5) is 0 Å². The van der Waals surface area contributed by atoms with E-state index in [1.807, 2.05) is 17.5 Å². The number of carbonyl (C=O) groups excluding carboxylic acids is 1. The third-order valence-electron chi connectivity index (χ3n) is 3.28. The van der Waals surface area contributed by atoms with Gasteiger partial charge in [-0.15, -0.1) is 30.3 Å². The normalized spacial score (nSPS) is 11.6. The molecule has 22 heavy (non-hydrogen) atoms. The van der Waals surface area contributed by atoms with Gasteiger partial charge in [-0.1, -0.05) is 12.1 Å². The summed E-state index contributed by atoms with van der Waals surface area (Å²) in [5.74, 6) is -0.876. The van der Waals surface area contributed by atoms with Gasteiger partial charge in [0.05, 0.1) is 19.0 Å². The molecule has 1 unspecified atom stereocenters. The van der Waals surface area contributed by atoms with Crippen LogP contribution in [0.2, 0.25) is 0 Å². The van der Waals surface area contributed by atoms with Gasteiger partial charge >= 0.3 is 5.97 Å². The zero-order valence-electron chi connectivity index (χ0n) is 12.9. The Morgan fingerprint density at radius 3 is 2.68 bits per heavy atom. The Kier molecular flexibility index (Phi) is 9.73. The molecule has 0 radical (unpaired) electrons. The second-order valence-corrected chi connectivity index (χ2v) is 5.92. The van der Waals surface area contributed by atoms with Crippen LogP contribution in [0, 0.1) is 0 Å². The third kappa shape index (κ3) is 6.60. The maximum absolute atomic E-state index is 12.5. The number of likely N-dealkylation sites (N-methyl/N-ethyl adjacent to an activating group) is 1. The lowest BCUT2D eigenvalue weighted by atomic mass is 10.2. The summed E-state index contributed by atoms with van der Waals surface area (Å²) in [7, 11) is 1.77. The monoisotopic (exact) mass is 346 g/mol. The van der Waals surface area contributed by atoms with E-state index >= 15 is 0 Å². The molecule has 0 bridgehead atoms. The van der Waals surface area contributed by atoms with Crippen molar-refractivity contribution in [3.63, 3.8) is 0 Å². The van der Waals surface area contributed by atoms with Gasteiger partial charge in [-0.05, 0) is 25.4 Å². The zero-order chi connectivity index (χ0) is 15.8. The van der Waals surface area contributed by atoms with Crippen LogP contribution in [-0.4, -0.2) is 53.0 Å². The lowest BCUT2D eigenvalue weighted by Crippen LogP contribution is -2.45. The Hall–Kier alpha value is -1.37. The van der Waals surface area contributed by atoms with Crippen LogP contribution in [0.3, 0.4) is 0 Å². The molecule has 7 heteroatoms. The fourth-order valence-corrected chi connectivity index (χ4v) is 2.62. The summed E-state index contributed by atoms with van der Waals surface area (Å²) in [6.45, 7) is 6.88. The Labute approximate surface area is 141 Å². The highest BCUT2D eigenvalue weighted by atomic mass is 35.5. The number of carboxylic acids is 1. The van der Waals surface area contributed by atoms with E-state index < -0.39 is 5.97 Å². The fourth-order valence-electron chi connectivity index (χ4n) is 1.90. The van der Waals surface area contributed by atoms with E-state index in [1.165, 1.54) is 0 Å². The number of halogens is 1. The molecule has 5 nitrogen and oxygen atoms in total. The van der Waals surface area contributed by atoms with Crippen LogP contribution in [0.25, 0.3) is 0 Å². The van der Waals surface area contributed by atoms with Crippen molar-refractivity contribution in [2.75, 3.05) is 20.1 Å². The van der Waals surface area contributed by atoms with Gasteiger partial charge in [-0.25, -0.2) is 0 Å². The first-order chi connectivity index (χ1) is 9.95. The summed E-state index contributed by atoms with van der Waals surface area (Å²) >= 11 is 1.61. The predicted molar refractivity (Wildman–Crippen MR) is 91.5 cm³/mol. The molecule has 1 amide bonds. The van der Waals surface area contributed by atoms with Crippen LogP contribution in [0.15, 0.2) is 30.2 Å². The molecule has 0 fully saturated rings. The van der Waals surface area contributed by atoms with Crippen LogP contribution in [0.5, 0.6) is 0 Å². The standard InChI is InChI=1S/C15H22N2O3S.ClH/c1-4-8-17(11-13-6-5-10-21-13)15(20)12(2)16(3)9-7-14(18)19;/h4-6,10,12H,1,7-9,11H2,2-3H3,(H,18,19);1H. The first kappa shape index (κ1) is 20.6. The molecule has 1 rings (SSSR count). The Morgan fingerprint density at radius 1 is 1.50 bits per heavy atom. The predicted octanol–water partition coefficient (Wildman–Crippen LogP) is 2.48. The highest BCUT2D eigenvalue weighted by molar-refractivity contribution is 7.09. The Balaban J connectivity index is 0.00000441. The van der Waals surface area contributed by atoms with Crippen LogP contribution in [0.1, 0.15) is 18.2 Å². The average Bonchev–Trinajstić information content (AvgIpc) is 2.95. The van der Waals surface area contributed by atoms with E-state index in [-0.39, 0.29) is 30.8 Å². The van der Waals surface area contributed by atoms with Gasteiger partial charge < -0.3 is 10.0 Å². The number of hydrogen-bond donors (Lipinski definition) is 1. The minimum Gasteiger partial charge on any atom is -0.481 e. The van der Waals surface area contributed by atoms with Crippen molar-refractivity contribution < 1.29 is 14.7 Å². The first-order valence-electron chi connectivity index (χ1n) is 6.79. The van der Waals surface area contributed by atoms with Gasteiger partial charge in [-0.2, -0.15) is 0 Å². The molecule has 0 aliphatic heterocycles. The van der Waals surface area contributed by atoms with Gasteiger partial charge in [0.2, 0.25) is 5.91 Å². The number of aliphatic carboxylic acids is 1. The highest BCUT2D eigenvalue weighted by Crippen LogP contribution is 2.14. The fraction of sp³-hybridized carbons (Fsp3) is 0.467. The summed E-state index contributed by atoms with van der Waals surface area (Å²) in [6, 6.07) is 3.59. The summed E-state index contributed by atoms with van der Waals surface area (Å²) < 4.78 is 0. The minimum absolute atomic E-state index is 0. The molecule has 0 aliphatic rings. The molecule has 1 heterocycles. The van der Waals surface area contributed by atoms with E-state index in [0.29, 0.717) is 19.6 Å². The molecule has 0 spiro atoms. The molecular weight excluding hydrogens is 324 g/mol. The van der Waals surface area contributed by atoms with Gasteiger partial charge in [-0.3, -0.25) is 14.5 Å². The zero-order valence-corrected chi connectivity index (χ0v) is 14.5. The number of thiophene rings is 1. The number of hydrogen-bond acceptors (Lipinski definition) is 4. The number of rotatable bonds is 9. The van der Waals surface area contributed by atoms with E-state index in [1.54, 1.807) is 41.2 Å². The van der Waals surface area contributed by atoms with Gasteiger partial charge in [0.1, 0.15) is 0 Å². The lowest BCUT2D eigenvalue weighted by molar-refractivity contribution is -0.140. The molecule has 1 N–H and O–H groups in total. The number of carbonyl (C=O) groups is 2. The summed E-state index contributed by atoms with van der Waals surface area (Å²) in [6.07, 6.45) is 1.73. The number of nitrogens with zero attached hydrogens (tertiary/aromatic N) is 2. The van der Waals surface area contributed by atoms with Crippen LogP contribution in [-0.2, 0) is 16.1 Å². The smallest absolute Gasteiger partial charge is 0.304 e. The molecule has 1 aromatic heterocycles. The van der Waals surface area contributed by atoms with E-state index in [2.05, 4.69) is 6.58 Å². The Bertz CT molecular complexity index is 479. The third-order valence-corrected chi connectivity index (χ3v) is 4.15. The summed E-state index contributed by atoms with van der Waals surface area (Å²) in [5, 5.41) is 10.7. The molecule has 0 aliphatic carbocycles. The Morgan fingerprint density at radius 2 is 2.18 bits per heavy atom. The largest absolute Gasteiger partial charge is 0.481 e. The van der Waals surface area contributed by atoms with Crippen molar-refractivity contribution in [2.45, 2.75) is 25.9 Å². The second kappa shape index (κ2) is 10.4. The molecule has 1 aromatic rings. The van der Waals surface area contributed by atoms with Gasteiger partial charge in [0.15, 0.2) is 0 Å². The van der Waals surface area contributed by atoms with Gasteiger partial charge in [0.25, 0.3) is 0 Å². The topological polar surface area (TPSA) is 60.9 Å². The van der Waals surface area contributed by atoms with Crippen molar-refractivity contribution in [3.05, 3.63) is 35.0 Å². The molecule has 0 aromatic carbocycles. The maximum Gasteiger partial charge on any atom is 0.304 e. The molecule has 0 saturated heterocycles. The van der Waals surface area contributed by atoms with Crippen molar-refractivity contribution in [2.24, 2.45) is 0 Å². The van der Waals surface area contributed by atoms with Crippen LogP contribution >= 0.6 is 23.7 Å². The second-order valence-electron chi connectivity index (χ2n) is 4.89. The van der Waals surface area contributed by atoms with E-state index in [4.69, 9.17) is 5.11 Å². The van der Waals surface area contributed by atoms with Crippen molar-refractivity contribution in [3.8, 4) is 0 Å². The number of carboxylic acid groups (broad SMARTS) is 1. The van der Waals surface area contributed by atoms with Gasteiger partial charge in [0, 0.05) is 18.0 Å². The SMILES string of the molecule is C=CCN(Cc1cccs1)C(=O)C(C)N(C)CCC(=O)O.Cl. The molecule has 1 atom stereocenters. The lowest BCUT2D eigenvalue weighted by Gasteiger charge is -2.29. The van der Waals surface area contributed by atoms with E-state index in [0.717, 1.165) is 4.88 Å². The van der Waals surface area contributed by atoms with Crippen molar-refractivity contribution in [1.29, 1.82) is 0 Å². The summed E-state index contributed by atoms with van der Waals surface area (Å²) in [5.41, 5.74) is 0. The first-order valence-corrected chi connectivity index (χ1v) is 7.67.